The maximum absolute atomic E-state index is 13.7. The second-order valence-corrected chi connectivity index (χ2v) is 6.40. The zero-order valence-corrected chi connectivity index (χ0v) is 15.9. The molecule has 2 rings (SSSR count). The van der Waals surface area contributed by atoms with Crippen molar-refractivity contribution in [3.8, 4) is 0 Å². The van der Waals surface area contributed by atoms with Crippen molar-refractivity contribution in [2.75, 3.05) is 13.6 Å². The van der Waals surface area contributed by atoms with Crippen LogP contribution in [0.25, 0.3) is 0 Å². The lowest BCUT2D eigenvalue weighted by Crippen LogP contribution is -2.39. The Bertz CT molecular complexity index is 763. The number of aromatic nitrogens is 2. The molecule has 0 spiro atoms. The van der Waals surface area contributed by atoms with Crippen LogP contribution in [0.15, 0.2) is 23.2 Å². The lowest BCUT2D eigenvalue weighted by atomic mass is 10.1. The highest BCUT2D eigenvalue weighted by Gasteiger charge is 2.11. The molecule has 0 saturated carbocycles. The monoisotopic (exact) mass is 345 g/mol. The van der Waals surface area contributed by atoms with Crippen LogP contribution >= 0.6 is 0 Å². The van der Waals surface area contributed by atoms with Crippen LogP contribution in [0.5, 0.6) is 0 Å². The van der Waals surface area contributed by atoms with Gasteiger partial charge in [-0.3, -0.25) is 9.67 Å². The van der Waals surface area contributed by atoms with E-state index in [0.717, 1.165) is 24.2 Å². The number of hydrogen-bond donors (Lipinski definition) is 2. The summed E-state index contributed by atoms with van der Waals surface area (Å²) in [7, 11) is 3.69. The number of aliphatic imine (C=N–C) groups is 1. The molecule has 1 atom stereocenters. The average molecular weight is 345 g/mol. The van der Waals surface area contributed by atoms with Crippen molar-refractivity contribution in [3.63, 3.8) is 0 Å². The topological polar surface area (TPSA) is 54.2 Å². The fourth-order valence-corrected chi connectivity index (χ4v) is 2.85. The molecule has 0 amide bonds. The van der Waals surface area contributed by atoms with Crippen LogP contribution in [0.3, 0.4) is 0 Å². The van der Waals surface area contributed by atoms with Gasteiger partial charge >= 0.3 is 0 Å². The number of aryl methyl sites for hydroxylation is 3. The van der Waals surface area contributed by atoms with Gasteiger partial charge in [-0.1, -0.05) is 12.1 Å². The molecule has 0 aliphatic carbocycles. The van der Waals surface area contributed by atoms with E-state index in [4.69, 9.17) is 0 Å². The summed E-state index contributed by atoms with van der Waals surface area (Å²) in [5, 5.41) is 11.1. The fourth-order valence-electron chi connectivity index (χ4n) is 2.85. The average Bonchev–Trinajstić information content (AvgIpc) is 2.82. The van der Waals surface area contributed by atoms with Gasteiger partial charge in [0.15, 0.2) is 5.96 Å². The molecule has 2 N–H and O–H groups in total. The normalized spacial score (nSPS) is 13.0. The minimum absolute atomic E-state index is 0.0387. The number of hydrogen-bond acceptors (Lipinski definition) is 2. The van der Waals surface area contributed by atoms with Gasteiger partial charge in [0.1, 0.15) is 5.82 Å². The quantitative estimate of drug-likeness (QED) is 0.647. The molecule has 1 unspecified atom stereocenters. The summed E-state index contributed by atoms with van der Waals surface area (Å²) in [5.74, 6) is 0.518. The highest BCUT2D eigenvalue weighted by molar-refractivity contribution is 5.80. The van der Waals surface area contributed by atoms with Crippen LogP contribution in [0.2, 0.25) is 0 Å². The Balaban J connectivity index is 1.93. The molecule has 0 bridgehead atoms. The molecule has 2 aromatic rings. The molecule has 136 valence electrons. The first kappa shape index (κ1) is 19.0. The van der Waals surface area contributed by atoms with Crippen LogP contribution < -0.4 is 10.6 Å². The molecule has 0 fully saturated rings. The second kappa shape index (κ2) is 8.14. The third-order valence-electron chi connectivity index (χ3n) is 4.60. The van der Waals surface area contributed by atoms with E-state index in [0.29, 0.717) is 11.5 Å². The van der Waals surface area contributed by atoms with Gasteiger partial charge in [0.2, 0.25) is 0 Å². The van der Waals surface area contributed by atoms with Gasteiger partial charge < -0.3 is 10.6 Å². The van der Waals surface area contributed by atoms with E-state index in [1.807, 2.05) is 31.6 Å². The minimum atomic E-state index is -0.184. The van der Waals surface area contributed by atoms with Crippen LogP contribution in [-0.2, 0) is 13.5 Å². The largest absolute Gasteiger partial charge is 0.356 e. The van der Waals surface area contributed by atoms with Gasteiger partial charge in [-0.25, -0.2) is 4.39 Å². The fraction of sp³-hybridized carbons (Fsp3) is 0.474. The van der Waals surface area contributed by atoms with E-state index < -0.39 is 0 Å². The highest BCUT2D eigenvalue weighted by Crippen LogP contribution is 2.16. The maximum Gasteiger partial charge on any atom is 0.191 e. The third-order valence-corrected chi connectivity index (χ3v) is 4.60. The molecule has 1 aromatic carbocycles. The van der Waals surface area contributed by atoms with Crippen molar-refractivity contribution < 1.29 is 4.39 Å². The molecular formula is C19H28FN5. The first-order valence-electron chi connectivity index (χ1n) is 8.55. The van der Waals surface area contributed by atoms with Crippen molar-refractivity contribution >= 4 is 5.96 Å². The first-order chi connectivity index (χ1) is 11.8. The van der Waals surface area contributed by atoms with Crippen LogP contribution in [0.1, 0.15) is 41.0 Å². The predicted molar refractivity (Wildman–Crippen MR) is 100 cm³/mol. The standard InChI is InChI=1S/C19H28FN5/c1-12-7-8-16(11-18(12)20)13(2)23-19(21-5)22-10-9-17-14(3)24-25(6)15(17)4/h7-8,11,13H,9-10H2,1-6H3,(H2,21,22,23). The van der Waals surface area contributed by atoms with Crippen molar-refractivity contribution in [1.29, 1.82) is 0 Å². The number of guanidine groups is 1. The van der Waals surface area contributed by atoms with Crippen LogP contribution in [0.4, 0.5) is 4.39 Å². The highest BCUT2D eigenvalue weighted by atomic mass is 19.1. The lowest BCUT2D eigenvalue weighted by Gasteiger charge is -2.18. The summed E-state index contributed by atoms with van der Waals surface area (Å²) in [6.07, 6.45) is 0.875. The SMILES string of the molecule is CN=C(NCCc1c(C)nn(C)c1C)NC(C)c1ccc(C)c(F)c1. The second-order valence-electron chi connectivity index (χ2n) is 6.40. The lowest BCUT2D eigenvalue weighted by molar-refractivity contribution is 0.607. The molecule has 6 heteroatoms. The number of nitrogens with zero attached hydrogens (tertiary/aromatic N) is 3. The number of halogens is 1. The van der Waals surface area contributed by atoms with Crippen molar-refractivity contribution in [2.24, 2.45) is 12.0 Å². The predicted octanol–water partition coefficient (Wildman–Crippen LogP) is 2.95. The third kappa shape index (κ3) is 4.59. The van der Waals surface area contributed by atoms with Crippen LogP contribution in [0, 0.1) is 26.6 Å². The van der Waals surface area contributed by atoms with E-state index in [2.05, 4.69) is 27.6 Å². The number of rotatable bonds is 5. The zero-order valence-electron chi connectivity index (χ0n) is 15.9. The summed E-state index contributed by atoms with van der Waals surface area (Å²) in [6, 6.07) is 5.27. The van der Waals surface area contributed by atoms with E-state index in [9.17, 15) is 4.39 Å². The Morgan fingerprint density at radius 2 is 2.04 bits per heavy atom. The van der Waals surface area contributed by atoms with E-state index >= 15 is 0 Å². The molecule has 1 heterocycles. The first-order valence-corrected chi connectivity index (χ1v) is 8.55. The van der Waals surface area contributed by atoms with Gasteiger partial charge in [0.05, 0.1) is 11.7 Å². The maximum atomic E-state index is 13.7. The van der Waals surface area contributed by atoms with Gasteiger partial charge in [-0.15, -0.1) is 0 Å². The minimum Gasteiger partial charge on any atom is -0.356 e. The molecule has 5 nitrogen and oxygen atoms in total. The smallest absolute Gasteiger partial charge is 0.191 e. The Morgan fingerprint density at radius 1 is 1.32 bits per heavy atom. The molecule has 1 aromatic heterocycles. The molecular weight excluding hydrogens is 317 g/mol. The summed E-state index contributed by atoms with van der Waals surface area (Å²) in [6.45, 7) is 8.62. The Labute approximate surface area is 149 Å². The summed E-state index contributed by atoms with van der Waals surface area (Å²) in [5.41, 5.74) is 5.06. The Kier molecular flexibility index (Phi) is 6.17. The van der Waals surface area contributed by atoms with E-state index in [-0.39, 0.29) is 11.9 Å². The van der Waals surface area contributed by atoms with Crippen molar-refractivity contribution in [1.82, 2.24) is 20.4 Å². The van der Waals surface area contributed by atoms with Crippen molar-refractivity contribution in [2.45, 2.75) is 40.2 Å². The van der Waals surface area contributed by atoms with E-state index in [1.165, 1.54) is 11.3 Å². The van der Waals surface area contributed by atoms with Gasteiger partial charge in [-0.2, -0.15) is 5.10 Å². The number of benzene rings is 1. The summed E-state index contributed by atoms with van der Waals surface area (Å²) in [4.78, 5) is 4.25. The molecule has 0 radical (unpaired) electrons. The van der Waals surface area contributed by atoms with Gasteiger partial charge in [0.25, 0.3) is 0 Å². The zero-order chi connectivity index (χ0) is 18.6. The Hall–Kier alpha value is -2.37. The molecule has 0 saturated heterocycles. The number of nitrogens with one attached hydrogen (secondary N) is 2. The van der Waals surface area contributed by atoms with Crippen molar-refractivity contribution in [3.05, 3.63) is 52.1 Å². The summed E-state index contributed by atoms with van der Waals surface area (Å²) >= 11 is 0. The summed E-state index contributed by atoms with van der Waals surface area (Å²) < 4.78 is 15.7. The molecule has 0 aliphatic rings. The molecule has 0 aliphatic heterocycles. The van der Waals surface area contributed by atoms with Crippen LogP contribution in [-0.4, -0.2) is 29.3 Å². The van der Waals surface area contributed by atoms with Gasteiger partial charge in [-0.05, 0) is 56.9 Å². The molecule has 25 heavy (non-hydrogen) atoms. The van der Waals surface area contributed by atoms with E-state index in [1.54, 1.807) is 26.1 Å². The van der Waals surface area contributed by atoms with Gasteiger partial charge in [0, 0.05) is 26.3 Å². The Morgan fingerprint density at radius 3 is 2.60 bits per heavy atom.